The first-order valence-corrected chi connectivity index (χ1v) is 6.84. The number of hydrogen-bond donors (Lipinski definition) is 2. The molecule has 0 spiro atoms. The SMILES string of the molecule is Cc1ccc(-c2cccc(-c3n[nH]nc3C(N)=O)c2)s1. The number of rotatable bonds is 3. The Kier molecular flexibility index (Phi) is 3.08. The number of amides is 1. The van der Waals surface area contributed by atoms with E-state index in [0.29, 0.717) is 5.69 Å². The van der Waals surface area contributed by atoms with Crippen LogP contribution >= 0.6 is 11.3 Å². The molecule has 5 nitrogen and oxygen atoms in total. The number of nitrogens with zero attached hydrogens (tertiary/aromatic N) is 2. The molecule has 0 aliphatic carbocycles. The molecule has 2 aromatic heterocycles. The van der Waals surface area contributed by atoms with Gasteiger partial charge < -0.3 is 5.73 Å². The van der Waals surface area contributed by atoms with Crippen LogP contribution in [0.2, 0.25) is 0 Å². The second-order valence-electron chi connectivity index (χ2n) is 4.38. The normalized spacial score (nSPS) is 10.7. The van der Waals surface area contributed by atoms with Crippen molar-refractivity contribution in [3.63, 3.8) is 0 Å². The molecule has 3 aromatic rings. The van der Waals surface area contributed by atoms with E-state index in [2.05, 4.69) is 34.5 Å². The summed E-state index contributed by atoms with van der Waals surface area (Å²) in [5.41, 5.74) is 7.82. The molecule has 0 fully saturated rings. The Morgan fingerprint density at radius 2 is 2.00 bits per heavy atom. The molecule has 6 heteroatoms. The van der Waals surface area contributed by atoms with Gasteiger partial charge in [-0.3, -0.25) is 4.79 Å². The van der Waals surface area contributed by atoms with Crippen molar-refractivity contribution in [2.75, 3.05) is 0 Å². The Morgan fingerprint density at radius 1 is 1.20 bits per heavy atom. The van der Waals surface area contributed by atoms with E-state index < -0.39 is 5.91 Å². The molecule has 1 amide bonds. The highest BCUT2D eigenvalue weighted by Crippen LogP contribution is 2.30. The highest BCUT2D eigenvalue weighted by Gasteiger charge is 2.15. The molecule has 100 valence electrons. The molecule has 1 aromatic carbocycles. The number of nitrogens with two attached hydrogens (primary N) is 1. The zero-order chi connectivity index (χ0) is 14.1. The molecule has 0 unspecified atom stereocenters. The van der Waals surface area contributed by atoms with Crippen LogP contribution in [0.25, 0.3) is 21.7 Å². The molecule has 0 saturated carbocycles. The third-order valence-corrected chi connectivity index (χ3v) is 3.99. The lowest BCUT2D eigenvalue weighted by Crippen LogP contribution is -2.12. The third-order valence-electron chi connectivity index (χ3n) is 2.94. The molecule has 0 bridgehead atoms. The standard InChI is InChI=1S/C14H12N4OS/c1-8-5-6-11(20-8)9-3-2-4-10(7-9)12-13(14(15)19)17-18-16-12/h2-7H,1H3,(H2,15,19)(H,16,17,18). The molecular weight excluding hydrogens is 272 g/mol. The monoisotopic (exact) mass is 284 g/mol. The highest BCUT2D eigenvalue weighted by molar-refractivity contribution is 7.15. The van der Waals surface area contributed by atoms with Crippen molar-refractivity contribution >= 4 is 17.2 Å². The van der Waals surface area contributed by atoms with Crippen molar-refractivity contribution in [3.05, 3.63) is 47.0 Å². The van der Waals surface area contributed by atoms with Crippen LogP contribution in [-0.2, 0) is 0 Å². The number of aryl methyl sites for hydroxylation is 1. The Hall–Kier alpha value is -2.47. The quantitative estimate of drug-likeness (QED) is 0.775. The van der Waals surface area contributed by atoms with Crippen LogP contribution in [0.15, 0.2) is 36.4 Å². The van der Waals surface area contributed by atoms with Gasteiger partial charge in [-0.15, -0.1) is 11.3 Å². The minimum atomic E-state index is -0.592. The second kappa shape index (κ2) is 4.90. The molecular formula is C14H12N4OS. The molecule has 20 heavy (non-hydrogen) atoms. The van der Waals surface area contributed by atoms with Gasteiger partial charge in [0.1, 0.15) is 5.69 Å². The van der Waals surface area contributed by atoms with E-state index in [0.717, 1.165) is 11.1 Å². The van der Waals surface area contributed by atoms with Crippen LogP contribution in [0.1, 0.15) is 15.4 Å². The summed E-state index contributed by atoms with van der Waals surface area (Å²) < 4.78 is 0. The fourth-order valence-corrected chi connectivity index (χ4v) is 2.88. The first kappa shape index (κ1) is 12.6. The van der Waals surface area contributed by atoms with E-state index in [1.165, 1.54) is 9.75 Å². The number of carbonyl (C=O) groups excluding carboxylic acids is 1. The number of hydrogen-bond acceptors (Lipinski definition) is 4. The van der Waals surface area contributed by atoms with Crippen molar-refractivity contribution in [3.8, 4) is 21.7 Å². The van der Waals surface area contributed by atoms with E-state index in [-0.39, 0.29) is 5.69 Å². The van der Waals surface area contributed by atoms with Crippen LogP contribution < -0.4 is 5.73 Å². The van der Waals surface area contributed by atoms with Crippen LogP contribution in [0, 0.1) is 6.92 Å². The molecule has 2 heterocycles. The van der Waals surface area contributed by atoms with Gasteiger partial charge in [0.2, 0.25) is 0 Å². The fraction of sp³-hybridized carbons (Fsp3) is 0.0714. The topological polar surface area (TPSA) is 84.7 Å². The first-order chi connectivity index (χ1) is 9.65. The van der Waals surface area contributed by atoms with E-state index >= 15 is 0 Å². The van der Waals surface area contributed by atoms with Gasteiger partial charge in [-0.05, 0) is 30.7 Å². The van der Waals surface area contributed by atoms with Crippen molar-refractivity contribution < 1.29 is 4.79 Å². The van der Waals surface area contributed by atoms with E-state index in [4.69, 9.17) is 5.73 Å². The highest BCUT2D eigenvalue weighted by atomic mass is 32.1. The minimum absolute atomic E-state index is 0.157. The van der Waals surface area contributed by atoms with Gasteiger partial charge in [-0.1, -0.05) is 18.2 Å². The lowest BCUT2D eigenvalue weighted by atomic mass is 10.1. The Bertz CT molecular complexity index is 775. The summed E-state index contributed by atoms with van der Waals surface area (Å²) in [7, 11) is 0. The third kappa shape index (κ3) is 2.21. The molecule has 3 rings (SSSR count). The number of thiophene rings is 1. The zero-order valence-electron chi connectivity index (χ0n) is 10.8. The predicted octanol–water partition coefficient (Wildman–Crippen LogP) is 2.61. The van der Waals surface area contributed by atoms with Gasteiger partial charge in [-0.25, -0.2) is 0 Å². The summed E-state index contributed by atoms with van der Waals surface area (Å²) in [5, 5.41) is 10.2. The van der Waals surface area contributed by atoms with Crippen molar-refractivity contribution in [2.24, 2.45) is 5.73 Å². The molecule has 0 aliphatic rings. The number of aromatic amines is 1. The van der Waals surface area contributed by atoms with Gasteiger partial charge in [0.25, 0.3) is 5.91 Å². The van der Waals surface area contributed by atoms with E-state index in [1.54, 1.807) is 11.3 Å². The molecule has 0 saturated heterocycles. The van der Waals surface area contributed by atoms with Gasteiger partial charge in [0.05, 0.1) is 0 Å². The molecule has 3 N–H and O–H groups in total. The number of nitrogens with one attached hydrogen (secondary N) is 1. The van der Waals surface area contributed by atoms with Crippen molar-refractivity contribution in [2.45, 2.75) is 6.92 Å². The zero-order valence-corrected chi connectivity index (χ0v) is 11.6. The van der Waals surface area contributed by atoms with Gasteiger partial charge in [0, 0.05) is 15.3 Å². The van der Waals surface area contributed by atoms with Gasteiger partial charge >= 0.3 is 0 Å². The summed E-state index contributed by atoms with van der Waals surface area (Å²) in [6, 6.07) is 12.0. The summed E-state index contributed by atoms with van der Waals surface area (Å²) in [6.07, 6.45) is 0. The van der Waals surface area contributed by atoms with Crippen molar-refractivity contribution in [1.82, 2.24) is 15.4 Å². The van der Waals surface area contributed by atoms with Gasteiger partial charge in [0.15, 0.2) is 5.69 Å². The van der Waals surface area contributed by atoms with Crippen molar-refractivity contribution in [1.29, 1.82) is 0 Å². The number of carbonyl (C=O) groups is 1. The number of aromatic nitrogens is 3. The Morgan fingerprint density at radius 3 is 2.70 bits per heavy atom. The number of primary amides is 1. The molecule has 0 radical (unpaired) electrons. The second-order valence-corrected chi connectivity index (χ2v) is 5.66. The maximum absolute atomic E-state index is 11.3. The fourth-order valence-electron chi connectivity index (χ4n) is 2.01. The average Bonchev–Trinajstić information content (AvgIpc) is 3.07. The van der Waals surface area contributed by atoms with Crippen LogP contribution in [0.4, 0.5) is 0 Å². The van der Waals surface area contributed by atoms with E-state index in [9.17, 15) is 4.79 Å². The smallest absolute Gasteiger partial charge is 0.271 e. The molecule has 0 atom stereocenters. The minimum Gasteiger partial charge on any atom is -0.364 e. The number of benzene rings is 1. The lowest BCUT2D eigenvalue weighted by Gasteiger charge is -2.02. The maximum atomic E-state index is 11.3. The van der Waals surface area contributed by atoms with Crippen LogP contribution in [0.3, 0.4) is 0 Å². The summed E-state index contributed by atoms with van der Waals surface area (Å²) in [6.45, 7) is 2.07. The largest absolute Gasteiger partial charge is 0.364 e. The summed E-state index contributed by atoms with van der Waals surface area (Å²) in [4.78, 5) is 13.7. The average molecular weight is 284 g/mol. The van der Waals surface area contributed by atoms with E-state index in [1.807, 2.05) is 24.3 Å². The lowest BCUT2D eigenvalue weighted by molar-refractivity contribution is 0.0996. The van der Waals surface area contributed by atoms with Gasteiger partial charge in [-0.2, -0.15) is 15.4 Å². The van der Waals surface area contributed by atoms with Crippen LogP contribution in [-0.4, -0.2) is 21.3 Å². The Labute approximate surface area is 119 Å². The summed E-state index contributed by atoms with van der Waals surface area (Å²) in [5.74, 6) is -0.592. The summed E-state index contributed by atoms with van der Waals surface area (Å²) >= 11 is 1.72. The first-order valence-electron chi connectivity index (χ1n) is 6.03. The Balaban J connectivity index is 2.07. The maximum Gasteiger partial charge on any atom is 0.271 e. The van der Waals surface area contributed by atoms with Crippen LogP contribution in [0.5, 0.6) is 0 Å². The number of H-pyrrole nitrogens is 1. The predicted molar refractivity (Wildman–Crippen MR) is 78.4 cm³/mol. The molecule has 0 aliphatic heterocycles.